The molecule has 0 N–H and O–H groups in total. The number of halogens is 1. The zero-order chi connectivity index (χ0) is 22.6. The van der Waals surface area contributed by atoms with E-state index in [1.807, 2.05) is 18.2 Å². The number of carbonyl (C=O) groups excluding carboxylic acids is 1. The first kappa shape index (κ1) is 23.4. The minimum atomic E-state index is -3.59. The summed E-state index contributed by atoms with van der Waals surface area (Å²) in [7, 11) is 1.32. The highest BCUT2D eigenvalue weighted by Crippen LogP contribution is 2.29. The fourth-order valence-electron chi connectivity index (χ4n) is 3.74. The van der Waals surface area contributed by atoms with Crippen molar-refractivity contribution < 1.29 is 22.7 Å². The molecular weight excluding hydrogens is 440 g/mol. The molecule has 1 aliphatic heterocycles. The average Bonchev–Trinajstić information content (AvgIpc) is 2.78. The van der Waals surface area contributed by atoms with Crippen molar-refractivity contribution >= 4 is 27.5 Å². The minimum absolute atomic E-state index is 0.0123. The molecule has 2 aromatic rings. The first-order chi connectivity index (χ1) is 14.8. The summed E-state index contributed by atoms with van der Waals surface area (Å²) < 4.78 is 37.7. The van der Waals surface area contributed by atoms with E-state index in [2.05, 4.69) is 0 Å². The minimum Gasteiger partial charge on any atom is -0.493 e. The Labute approximate surface area is 188 Å². The van der Waals surface area contributed by atoms with Crippen LogP contribution in [0.5, 0.6) is 11.5 Å². The van der Waals surface area contributed by atoms with Gasteiger partial charge in [0.25, 0.3) is 0 Å². The molecule has 3 rings (SSSR count). The van der Waals surface area contributed by atoms with Crippen molar-refractivity contribution in [1.29, 1.82) is 0 Å². The first-order valence-corrected chi connectivity index (χ1v) is 11.8. The lowest BCUT2D eigenvalue weighted by Crippen LogP contribution is -2.43. The van der Waals surface area contributed by atoms with Crippen molar-refractivity contribution in [3.63, 3.8) is 0 Å². The molecule has 31 heavy (non-hydrogen) atoms. The zero-order valence-corrected chi connectivity index (χ0v) is 19.4. The highest BCUT2D eigenvalue weighted by molar-refractivity contribution is 7.89. The molecule has 9 heteroatoms. The second-order valence-corrected chi connectivity index (χ2v) is 9.89. The van der Waals surface area contributed by atoms with Gasteiger partial charge in [-0.2, -0.15) is 4.31 Å². The smallest absolute Gasteiger partial charge is 0.243 e. The summed E-state index contributed by atoms with van der Waals surface area (Å²) in [6.45, 7) is 1.06. The molecule has 1 heterocycles. The molecule has 0 spiro atoms. The van der Waals surface area contributed by atoms with Gasteiger partial charge >= 0.3 is 0 Å². The van der Waals surface area contributed by atoms with Gasteiger partial charge in [-0.1, -0.05) is 17.7 Å². The van der Waals surface area contributed by atoms with E-state index in [9.17, 15) is 13.2 Å². The lowest BCUT2D eigenvalue weighted by atomic mass is 9.96. The number of ether oxygens (including phenoxy) is 2. The average molecular weight is 467 g/mol. The van der Waals surface area contributed by atoms with Crippen LogP contribution >= 0.6 is 11.6 Å². The Morgan fingerprint density at radius 3 is 2.26 bits per heavy atom. The third-order valence-corrected chi connectivity index (χ3v) is 7.66. The molecule has 7 nitrogen and oxygen atoms in total. The molecule has 1 saturated heterocycles. The van der Waals surface area contributed by atoms with Crippen molar-refractivity contribution in [2.75, 3.05) is 34.4 Å². The Bertz CT molecular complexity index is 1020. The Kier molecular flexibility index (Phi) is 7.46. The van der Waals surface area contributed by atoms with Crippen LogP contribution in [0.3, 0.4) is 0 Å². The normalized spacial score (nSPS) is 15.5. The molecule has 2 aromatic carbocycles. The predicted octanol–water partition coefficient (Wildman–Crippen LogP) is 3.42. The third-order valence-electron chi connectivity index (χ3n) is 5.50. The Balaban J connectivity index is 1.60. The van der Waals surface area contributed by atoms with Gasteiger partial charge in [0, 0.05) is 37.6 Å². The van der Waals surface area contributed by atoms with Crippen LogP contribution < -0.4 is 9.47 Å². The number of hydrogen-bond donors (Lipinski definition) is 0. The van der Waals surface area contributed by atoms with Crippen molar-refractivity contribution in [3.8, 4) is 11.5 Å². The van der Waals surface area contributed by atoms with Gasteiger partial charge in [-0.05, 0) is 54.8 Å². The summed E-state index contributed by atoms with van der Waals surface area (Å²) in [5.74, 6) is 1.05. The van der Waals surface area contributed by atoms with Gasteiger partial charge in [0.2, 0.25) is 15.9 Å². The molecule has 1 fully saturated rings. The van der Waals surface area contributed by atoms with Crippen LogP contribution in [0.25, 0.3) is 0 Å². The molecule has 0 bridgehead atoms. The quantitative estimate of drug-likeness (QED) is 0.625. The molecule has 0 radical (unpaired) electrons. The van der Waals surface area contributed by atoms with E-state index in [1.165, 1.54) is 16.4 Å². The molecule has 0 atom stereocenters. The maximum absolute atomic E-state index is 12.9. The number of nitrogens with zero attached hydrogens (tertiary/aromatic N) is 2. The van der Waals surface area contributed by atoms with Crippen LogP contribution in [0, 0.1) is 5.92 Å². The zero-order valence-electron chi connectivity index (χ0n) is 17.9. The van der Waals surface area contributed by atoms with Crippen LogP contribution in [0.2, 0.25) is 5.02 Å². The number of benzene rings is 2. The fraction of sp³-hybridized carbons (Fsp3) is 0.409. The second kappa shape index (κ2) is 9.89. The molecule has 0 saturated carbocycles. The molecule has 168 valence electrons. The van der Waals surface area contributed by atoms with Gasteiger partial charge in [-0.25, -0.2) is 8.42 Å². The van der Waals surface area contributed by atoms with Crippen molar-refractivity contribution in [3.05, 3.63) is 53.1 Å². The van der Waals surface area contributed by atoms with Crippen LogP contribution in [0.1, 0.15) is 18.4 Å². The van der Waals surface area contributed by atoms with Gasteiger partial charge in [0.05, 0.1) is 19.1 Å². The van der Waals surface area contributed by atoms with Gasteiger partial charge in [-0.3, -0.25) is 4.79 Å². The largest absolute Gasteiger partial charge is 0.493 e. The number of hydrogen-bond acceptors (Lipinski definition) is 5. The van der Waals surface area contributed by atoms with E-state index >= 15 is 0 Å². The summed E-state index contributed by atoms with van der Waals surface area (Å²) >= 11 is 5.86. The van der Waals surface area contributed by atoms with Crippen LogP contribution in [-0.4, -0.2) is 57.9 Å². The van der Waals surface area contributed by atoms with Crippen molar-refractivity contribution in [2.45, 2.75) is 24.3 Å². The van der Waals surface area contributed by atoms with E-state index in [-0.39, 0.29) is 16.7 Å². The maximum Gasteiger partial charge on any atom is 0.243 e. The van der Waals surface area contributed by atoms with Crippen LogP contribution in [0.4, 0.5) is 0 Å². The number of piperidine rings is 1. The van der Waals surface area contributed by atoms with E-state index in [4.69, 9.17) is 21.1 Å². The Morgan fingerprint density at radius 1 is 1.06 bits per heavy atom. The van der Waals surface area contributed by atoms with Gasteiger partial charge < -0.3 is 14.4 Å². The number of rotatable bonds is 7. The predicted molar refractivity (Wildman–Crippen MR) is 119 cm³/mol. The monoisotopic (exact) mass is 466 g/mol. The summed E-state index contributed by atoms with van der Waals surface area (Å²) in [4.78, 5) is 14.8. The highest BCUT2D eigenvalue weighted by atomic mass is 35.5. The topological polar surface area (TPSA) is 76.2 Å². The standard InChI is InChI=1S/C22H27ClN2O5S/c1-24(15-16-4-9-20(29-2)21(14-16)30-3)22(26)17-10-12-25(13-11-17)31(27,28)19-7-5-18(23)6-8-19/h4-9,14,17H,10-13,15H2,1-3H3. The number of methoxy groups -OCH3 is 2. The summed E-state index contributed by atoms with van der Waals surface area (Å²) in [6.07, 6.45) is 0.976. The van der Waals surface area contributed by atoms with Crippen LogP contribution in [-0.2, 0) is 21.4 Å². The second-order valence-electron chi connectivity index (χ2n) is 7.52. The molecule has 1 aliphatic rings. The Hall–Kier alpha value is -2.29. The van der Waals surface area contributed by atoms with Gasteiger partial charge in [0.15, 0.2) is 11.5 Å². The molecule has 1 amide bonds. The maximum atomic E-state index is 12.9. The van der Waals surface area contributed by atoms with Crippen molar-refractivity contribution in [2.24, 2.45) is 5.92 Å². The summed E-state index contributed by atoms with van der Waals surface area (Å²) in [6, 6.07) is 11.7. The van der Waals surface area contributed by atoms with Crippen LogP contribution in [0.15, 0.2) is 47.4 Å². The summed E-state index contributed by atoms with van der Waals surface area (Å²) in [5.41, 5.74) is 0.927. The fourth-order valence-corrected chi connectivity index (χ4v) is 5.34. The highest BCUT2D eigenvalue weighted by Gasteiger charge is 2.33. The Morgan fingerprint density at radius 2 is 1.68 bits per heavy atom. The lowest BCUT2D eigenvalue weighted by Gasteiger charge is -2.32. The number of sulfonamides is 1. The van der Waals surface area contributed by atoms with Gasteiger partial charge in [0.1, 0.15) is 0 Å². The third kappa shape index (κ3) is 5.31. The lowest BCUT2D eigenvalue weighted by molar-refractivity contribution is -0.135. The van der Waals surface area contributed by atoms with E-state index in [0.717, 1.165) is 5.56 Å². The van der Waals surface area contributed by atoms with E-state index < -0.39 is 10.0 Å². The molecule has 0 aliphatic carbocycles. The molecule has 0 aromatic heterocycles. The SMILES string of the molecule is COc1ccc(CN(C)C(=O)C2CCN(S(=O)(=O)c3ccc(Cl)cc3)CC2)cc1OC. The summed E-state index contributed by atoms with van der Waals surface area (Å²) in [5, 5.41) is 0.487. The first-order valence-electron chi connectivity index (χ1n) is 9.98. The van der Waals surface area contributed by atoms with Gasteiger partial charge in [-0.15, -0.1) is 0 Å². The number of amides is 1. The van der Waals surface area contributed by atoms with E-state index in [1.54, 1.807) is 38.3 Å². The number of carbonyl (C=O) groups is 1. The molecule has 0 unspecified atom stereocenters. The molecular formula is C22H27ClN2O5S. The van der Waals surface area contributed by atoms with Crippen molar-refractivity contribution in [1.82, 2.24) is 9.21 Å². The van der Waals surface area contributed by atoms with E-state index in [0.29, 0.717) is 49.0 Å².